The van der Waals surface area contributed by atoms with Crippen LogP contribution >= 0.6 is 0 Å². The van der Waals surface area contributed by atoms with Crippen LogP contribution < -0.4 is 10.6 Å². The second-order valence-electron chi connectivity index (χ2n) is 5.79. The molecule has 2 N–H and O–H groups in total. The van der Waals surface area contributed by atoms with Gasteiger partial charge in [0.25, 0.3) is 5.91 Å². The summed E-state index contributed by atoms with van der Waals surface area (Å²) in [5.41, 5.74) is 0.550. The molecule has 0 aliphatic heterocycles. The first-order valence-electron chi connectivity index (χ1n) is 7.76. The van der Waals surface area contributed by atoms with E-state index in [0.717, 1.165) is 7.05 Å². The van der Waals surface area contributed by atoms with Crippen LogP contribution in [0.5, 0.6) is 0 Å². The van der Waals surface area contributed by atoms with Gasteiger partial charge in [0.05, 0.1) is 0 Å². The highest BCUT2D eigenvalue weighted by atomic mass is 19.4. The van der Waals surface area contributed by atoms with Crippen LogP contribution in [0.3, 0.4) is 0 Å². The topological polar surface area (TPSA) is 122 Å². The van der Waals surface area contributed by atoms with E-state index in [1.54, 1.807) is 0 Å². The van der Waals surface area contributed by atoms with Crippen molar-refractivity contribution in [3.63, 3.8) is 0 Å². The number of aromatic nitrogens is 4. The summed E-state index contributed by atoms with van der Waals surface area (Å²) in [5, 5.41) is 15.2. The lowest BCUT2D eigenvalue weighted by Gasteiger charge is -2.19. The van der Waals surface area contributed by atoms with Crippen molar-refractivity contribution in [3.05, 3.63) is 29.3 Å². The first-order chi connectivity index (χ1) is 13.0. The highest BCUT2D eigenvalue weighted by Crippen LogP contribution is 2.20. The number of rotatable bonds is 4. The number of aryl methyl sites for hydroxylation is 1. The Morgan fingerprint density at radius 1 is 1.21 bits per heavy atom. The maximum Gasteiger partial charge on any atom is 0.406 e. The smallest absolute Gasteiger partial charge is 0.328 e. The molecule has 10 nitrogen and oxygen atoms in total. The molecule has 0 fully saturated rings. The summed E-state index contributed by atoms with van der Waals surface area (Å²) in [4.78, 5) is 36.4. The highest BCUT2D eigenvalue weighted by molar-refractivity contribution is 6.39. The third-order valence-electron chi connectivity index (χ3n) is 3.63. The third-order valence-corrected chi connectivity index (χ3v) is 3.63. The number of hydrogen-bond donors (Lipinski definition) is 2. The maximum absolute atomic E-state index is 12.4. The standard InChI is InChI=1S/C15H16F3N7O3/c1-8-9(11(26)20-14-21-22-23-25(14)3)5-4-6-10(8)19-12(27)13(28)24(2)7-15(16,17)18/h4-6H,7H2,1-3H3,(H,19,27)(H,20,21,23,26). The molecule has 2 rings (SSSR count). The van der Waals surface area contributed by atoms with Gasteiger partial charge in [-0.15, -0.1) is 0 Å². The molecule has 0 aliphatic rings. The molecular weight excluding hydrogens is 383 g/mol. The van der Waals surface area contributed by atoms with E-state index in [0.29, 0.717) is 5.56 Å². The van der Waals surface area contributed by atoms with Crippen molar-refractivity contribution in [2.24, 2.45) is 7.05 Å². The van der Waals surface area contributed by atoms with Crippen LogP contribution in [0.15, 0.2) is 18.2 Å². The van der Waals surface area contributed by atoms with Crippen LogP contribution in [-0.2, 0) is 16.6 Å². The number of nitrogens with one attached hydrogen (secondary N) is 2. The van der Waals surface area contributed by atoms with E-state index in [4.69, 9.17) is 0 Å². The van der Waals surface area contributed by atoms with Crippen molar-refractivity contribution >= 4 is 29.4 Å². The first-order valence-corrected chi connectivity index (χ1v) is 7.76. The Bertz CT molecular complexity index is 911. The second kappa shape index (κ2) is 8.02. The molecule has 1 heterocycles. The molecule has 150 valence electrons. The van der Waals surface area contributed by atoms with Crippen molar-refractivity contribution in [1.82, 2.24) is 25.1 Å². The van der Waals surface area contributed by atoms with Gasteiger partial charge in [-0.2, -0.15) is 13.2 Å². The van der Waals surface area contributed by atoms with Crippen LogP contribution in [0.4, 0.5) is 24.8 Å². The van der Waals surface area contributed by atoms with Gasteiger partial charge in [-0.3, -0.25) is 19.7 Å². The van der Waals surface area contributed by atoms with E-state index in [1.807, 2.05) is 0 Å². The quantitative estimate of drug-likeness (QED) is 0.731. The number of likely N-dealkylation sites (N-methyl/N-ethyl adjacent to an activating group) is 1. The van der Waals surface area contributed by atoms with E-state index in [2.05, 4.69) is 26.2 Å². The van der Waals surface area contributed by atoms with Crippen LogP contribution in [-0.4, -0.2) is 62.6 Å². The predicted octanol–water partition coefficient (Wildman–Crippen LogP) is 0.730. The van der Waals surface area contributed by atoms with Gasteiger partial charge in [0.15, 0.2) is 0 Å². The number of hydrogen-bond acceptors (Lipinski definition) is 6. The normalized spacial score (nSPS) is 11.1. The number of alkyl halides is 3. The Kier molecular flexibility index (Phi) is 5.96. The predicted molar refractivity (Wildman–Crippen MR) is 90.3 cm³/mol. The third kappa shape index (κ3) is 5.02. The summed E-state index contributed by atoms with van der Waals surface area (Å²) in [6, 6.07) is 4.31. The average Bonchev–Trinajstić information content (AvgIpc) is 2.99. The lowest BCUT2D eigenvalue weighted by atomic mass is 10.1. The van der Waals surface area contributed by atoms with Crippen LogP contribution in [0.1, 0.15) is 15.9 Å². The van der Waals surface area contributed by atoms with Gasteiger partial charge in [0.1, 0.15) is 6.54 Å². The Hall–Kier alpha value is -3.51. The number of halogens is 3. The summed E-state index contributed by atoms with van der Waals surface area (Å²) < 4.78 is 38.3. The zero-order valence-corrected chi connectivity index (χ0v) is 15.0. The summed E-state index contributed by atoms with van der Waals surface area (Å²) in [7, 11) is 2.38. The van der Waals surface area contributed by atoms with Crippen molar-refractivity contribution in [2.45, 2.75) is 13.1 Å². The minimum absolute atomic E-state index is 0.0859. The van der Waals surface area contributed by atoms with Gasteiger partial charge in [-0.05, 0) is 35.0 Å². The molecule has 0 radical (unpaired) electrons. The van der Waals surface area contributed by atoms with Gasteiger partial charge < -0.3 is 10.2 Å². The first kappa shape index (κ1) is 20.8. The lowest BCUT2D eigenvalue weighted by Crippen LogP contribution is -2.42. The molecule has 0 atom stereocenters. The minimum atomic E-state index is -4.63. The number of carbonyl (C=O) groups is 3. The van der Waals surface area contributed by atoms with Crippen LogP contribution in [0.25, 0.3) is 0 Å². The molecule has 28 heavy (non-hydrogen) atoms. The van der Waals surface area contributed by atoms with Gasteiger partial charge >= 0.3 is 18.0 Å². The molecule has 0 unspecified atom stereocenters. The molecule has 2 aromatic rings. The number of anilines is 2. The fraction of sp³-hybridized carbons (Fsp3) is 0.333. The molecule has 1 aromatic heterocycles. The number of carbonyl (C=O) groups excluding carboxylic acids is 3. The van der Waals surface area contributed by atoms with Gasteiger partial charge in [0, 0.05) is 25.3 Å². The van der Waals surface area contributed by atoms with E-state index in [-0.39, 0.29) is 22.1 Å². The molecule has 0 saturated heterocycles. The van der Waals surface area contributed by atoms with Crippen molar-refractivity contribution in [3.8, 4) is 0 Å². The highest BCUT2D eigenvalue weighted by Gasteiger charge is 2.33. The van der Waals surface area contributed by atoms with Gasteiger partial charge in [-0.25, -0.2) is 4.68 Å². The summed E-state index contributed by atoms with van der Waals surface area (Å²) in [6.07, 6.45) is -4.63. The van der Waals surface area contributed by atoms with Crippen LogP contribution in [0, 0.1) is 6.92 Å². The number of nitrogens with zero attached hydrogens (tertiary/aromatic N) is 5. The fourth-order valence-corrected chi connectivity index (χ4v) is 2.21. The van der Waals surface area contributed by atoms with E-state index >= 15 is 0 Å². The summed E-state index contributed by atoms with van der Waals surface area (Å²) in [6.45, 7) is -0.0598. The number of tetrazole rings is 1. The van der Waals surface area contributed by atoms with E-state index in [1.165, 1.54) is 36.9 Å². The fourth-order valence-electron chi connectivity index (χ4n) is 2.21. The van der Waals surface area contributed by atoms with E-state index in [9.17, 15) is 27.6 Å². The Labute approximate surface area is 156 Å². The summed E-state index contributed by atoms with van der Waals surface area (Å²) in [5.74, 6) is -3.11. The van der Waals surface area contributed by atoms with Crippen molar-refractivity contribution in [2.75, 3.05) is 24.2 Å². The molecule has 0 saturated carbocycles. The van der Waals surface area contributed by atoms with E-state index < -0.39 is 30.4 Å². The number of benzene rings is 1. The van der Waals surface area contributed by atoms with Crippen molar-refractivity contribution in [1.29, 1.82) is 0 Å². The molecule has 0 spiro atoms. The SMILES string of the molecule is Cc1c(NC(=O)C(=O)N(C)CC(F)(F)F)cccc1C(=O)Nc1nnnn1C. The summed E-state index contributed by atoms with van der Waals surface area (Å²) >= 11 is 0. The second-order valence-corrected chi connectivity index (χ2v) is 5.79. The molecular formula is C15H16F3N7O3. The molecule has 13 heteroatoms. The van der Waals surface area contributed by atoms with Gasteiger partial charge in [-0.1, -0.05) is 11.2 Å². The Morgan fingerprint density at radius 3 is 2.46 bits per heavy atom. The average molecular weight is 399 g/mol. The van der Waals surface area contributed by atoms with Crippen molar-refractivity contribution < 1.29 is 27.6 Å². The molecule has 3 amide bonds. The molecule has 0 aliphatic carbocycles. The van der Waals surface area contributed by atoms with Gasteiger partial charge in [0.2, 0.25) is 5.95 Å². The maximum atomic E-state index is 12.4. The molecule has 0 bridgehead atoms. The lowest BCUT2D eigenvalue weighted by molar-refractivity contribution is -0.161. The zero-order valence-electron chi connectivity index (χ0n) is 15.0. The van der Waals surface area contributed by atoms with Crippen LogP contribution in [0.2, 0.25) is 0 Å². The minimum Gasteiger partial charge on any atom is -0.328 e. The zero-order chi connectivity index (χ0) is 21.1. The Balaban J connectivity index is 2.14. The number of amides is 3. The molecule has 1 aromatic carbocycles. The Morgan fingerprint density at radius 2 is 1.89 bits per heavy atom. The monoisotopic (exact) mass is 399 g/mol. The largest absolute Gasteiger partial charge is 0.406 e.